The highest BCUT2D eigenvalue weighted by molar-refractivity contribution is 6.30. The molecule has 146 valence electrons. The van der Waals surface area contributed by atoms with Gasteiger partial charge in [-0.25, -0.2) is 4.99 Å². The number of piperidine rings is 1. The number of likely N-dealkylation sites (tertiary alicyclic amines) is 1. The van der Waals surface area contributed by atoms with Crippen LogP contribution in [0, 0.1) is 0 Å². The summed E-state index contributed by atoms with van der Waals surface area (Å²) in [7, 11) is 1.66. The molecule has 0 atom stereocenters. The van der Waals surface area contributed by atoms with Crippen LogP contribution in [0.3, 0.4) is 0 Å². The van der Waals surface area contributed by atoms with Crippen molar-refractivity contribution in [2.24, 2.45) is 4.99 Å². The van der Waals surface area contributed by atoms with Crippen LogP contribution in [-0.4, -0.2) is 50.2 Å². The summed E-state index contributed by atoms with van der Waals surface area (Å²) in [6.45, 7) is 9.32. The predicted octanol–water partition coefficient (Wildman–Crippen LogP) is 3.67. The van der Waals surface area contributed by atoms with Crippen LogP contribution in [0.4, 0.5) is 0 Å². The fourth-order valence-corrected chi connectivity index (χ4v) is 3.37. The molecule has 1 fully saturated rings. The van der Waals surface area contributed by atoms with Gasteiger partial charge in [-0.1, -0.05) is 31.0 Å². The molecule has 2 rings (SSSR count). The maximum Gasteiger partial charge on any atom is 0.191 e. The van der Waals surface area contributed by atoms with Crippen LogP contribution >= 0.6 is 11.6 Å². The zero-order chi connectivity index (χ0) is 18.8. The molecule has 0 aliphatic carbocycles. The Morgan fingerprint density at radius 1 is 1.31 bits per heavy atom. The summed E-state index contributed by atoms with van der Waals surface area (Å²) in [6, 6.07) is 6.17. The Hall–Kier alpha value is -1.46. The Bertz CT molecular complexity index is 571. The van der Waals surface area contributed by atoms with E-state index < -0.39 is 0 Å². The molecule has 0 aromatic heterocycles. The summed E-state index contributed by atoms with van der Waals surface area (Å²) in [4.78, 5) is 7.32. The van der Waals surface area contributed by atoms with Crippen molar-refractivity contribution in [3.8, 4) is 5.75 Å². The maximum atomic E-state index is 6.04. The minimum Gasteiger partial charge on any atom is -0.496 e. The van der Waals surface area contributed by atoms with Crippen LogP contribution in [0.1, 0.15) is 45.1 Å². The molecule has 0 amide bonds. The molecular weight excluding hydrogens is 348 g/mol. The Labute approximate surface area is 163 Å². The summed E-state index contributed by atoms with van der Waals surface area (Å²) >= 11 is 6.04. The van der Waals surface area contributed by atoms with Gasteiger partial charge in [0, 0.05) is 36.3 Å². The van der Waals surface area contributed by atoms with E-state index in [0.717, 1.165) is 23.8 Å². The van der Waals surface area contributed by atoms with Crippen molar-refractivity contribution in [2.75, 3.05) is 33.3 Å². The highest BCUT2D eigenvalue weighted by Gasteiger charge is 2.19. The van der Waals surface area contributed by atoms with E-state index in [1.54, 1.807) is 7.11 Å². The highest BCUT2D eigenvalue weighted by atomic mass is 35.5. The number of benzene rings is 1. The van der Waals surface area contributed by atoms with E-state index in [9.17, 15) is 0 Å². The largest absolute Gasteiger partial charge is 0.496 e. The zero-order valence-electron chi connectivity index (χ0n) is 16.4. The molecule has 1 aromatic rings. The number of aliphatic imine (C=N–C) groups is 1. The second-order valence-corrected chi connectivity index (χ2v) is 7.20. The third kappa shape index (κ3) is 6.69. The summed E-state index contributed by atoms with van der Waals surface area (Å²) < 4.78 is 5.41. The molecule has 1 aliphatic heterocycles. The number of rotatable bonds is 8. The third-order valence-electron chi connectivity index (χ3n) is 4.76. The van der Waals surface area contributed by atoms with Crippen LogP contribution < -0.4 is 15.4 Å². The number of methoxy groups -OCH3 is 1. The van der Waals surface area contributed by atoms with E-state index in [2.05, 4.69) is 29.4 Å². The highest BCUT2D eigenvalue weighted by Crippen LogP contribution is 2.23. The van der Waals surface area contributed by atoms with Crippen molar-refractivity contribution in [1.82, 2.24) is 15.5 Å². The van der Waals surface area contributed by atoms with Crippen molar-refractivity contribution in [2.45, 2.75) is 52.1 Å². The standard InChI is InChI=1S/C20H33ClN4O/c1-4-6-11-25-12-9-18(10-13-25)24-20(22-5-2)23-15-16-7-8-17(21)14-19(16)26-3/h7-8,14,18H,4-6,9-13,15H2,1-3H3,(H2,22,23,24). The average molecular weight is 381 g/mol. The second-order valence-electron chi connectivity index (χ2n) is 6.77. The van der Waals surface area contributed by atoms with Gasteiger partial charge in [-0.2, -0.15) is 0 Å². The van der Waals surface area contributed by atoms with Crippen LogP contribution in [0.5, 0.6) is 5.75 Å². The van der Waals surface area contributed by atoms with Gasteiger partial charge >= 0.3 is 0 Å². The van der Waals surface area contributed by atoms with Gasteiger partial charge in [0.2, 0.25) is 0 Å². The topological polar surface area (TPSA) is 48.9 Å². The molecule has 26 heavy (non-hydrogen) atoms. The lowest BCUT2D eigenvalue weighted by atomic mass is 10.0. The van der Waals surface area contributed by atoms with Gasteiger partial charge in [-0.15, -0.1) is 0 Å². The monoisotopic (exact) mass is 380 g/mol. The number of nitrogens with zero attached hydrogens (tertiary/aromatic N) is 2. The number of hydrogen-bond acceptors (Lipinski definition) is 3. The molecule has 0 unspecified atom stereocenters. The van der Waals surface area contributed by atoms with E-state index >= 15 is 0 Å². The Morgan fingerprint density at radius 3 is 2.73 bits per heavy atom. The van der Waals surface area contributed by atoms with Crippen molar-refractivity contribution < 1.29 is 4.74 Å². The fourth-order valence-electron chi connectivity index (χ4n) is 3.21. The number of nitrogens with one attached hydrogen (secondary N) is 2. The lowest BCUT2D eigenvalue weighted by Crippen LogP contribution is -2.48. The van der Waals surface area contributed by atoms with E-state index in [0.29, 0.717) is 17.6 Å². The van der Waals surface area contributed by atoms with Crippen molar-refractivity contribution in [3.05, 3.63) is 28.8 Å². The summed E-state index contributed by atoms with van der Waals surface area (Å²) in [5, 5.41) is 7.63. The lowest BCUT2D eigenvalue weighted by Gasteiger charge is -2.33. The molecule has 0 bridgehead atoms. The van der Waals surface area contributed by atoms with Gasteiger partial charge in [0.15, 0.2) is 5.96 Å². The first-order chi connectivity index (χ1) is 12.7. The summed E-state index contributed by atoms with van der Waals surface area (Å²) in [5.74, 6) is 1.65. The van der Waals surface area contributed by atoms with Crippen molar-refractivity contribution in [1.29, 1.82) is 0 Å². The lowest BCUT2D eigenvalue weighted by molar-refractivity contribution is 0.203. The van der Waals surface area contributed by atoms with Gasteiger partial charge in [0.1, 0.15) is 5.75 Å². The minimum absolute atomic E-state index is 0.484. The molecule has 0 spiro atoms. The van der Waals surface area contributed by atoms with Crippen LogP contribution in [0.25, 0.3) is 0 Å². The van der Waals surface area contributed by atoms with Gasteiger partial charge in [0.25, 0.3) is 0 Å². The molecule has 1 saturated heterocycles. The fraction of sp³-hybridized carbons (Fsp3) is 0.650. The van der Waals surface area contributed by atoms with E-state index in [4.69, 9.17) is 21.3 Å². The van der Waals surface area contributed by atoms with Crippen molar-refractivity contribution in [3.63, 3.8) is 0 Å². The number of hydrogen-bond donors (Lipinski definition) is 2. The van der Waals surface area contributed by atoms with Crippen LogP contribution in [0.2, 0.25) is 5.02 Å². The van der Waals surface area contributed by atoms with E-state index in [1.165, 1.54) is 45.3 Å². The third-order valence-corrected chi connectivity index (χ3v) is 4.99. The zero-order valence-corrected chi connectivity index (χ0v) is 17.1. The second kappa shape index (κ2) is 11.3. The van der Waals surface area contributed by atoms with Gasteiger partial charge in [-0.05, 0) is 44.9 Å². The molecule has 2 N–H and O–H groups in total. The first-order valence-electron chi connectivity index (χ1n) is 9.75. The SMILES string of the molecule is CCCCN1CCC(NC(=NCc2ccc(Cl)cc2OC)NCC)CC1. The molecular formula is C20H33ClN4O. The number of guanidine groups is 1. The van der Waals surface area contributed by atoms with Gasteiger partial charge in [0.05, 0.1) is 13.7 Å². The van der Waals surface area contributed by atoms with Crippen LogP contribution in [0.15, 0.2) is 23.2 Å². The smallest absolute Gasteiger partial charge is 0.191 e. The molecule has 1 aliphatic rings. The van der Waals surface area contributed by atoms with Crippen LogP contribution in [-0.2, 0) is 6.54 Å². The summed E-state index contributed by atoms with van der Waals surface area (Å²) in [6.07, 6.45) is 4.89. The first-order valence-corrected chi connectivity index (χ1v) is 10.1. The first kappa shape index (κ1) is 20.8. The Kier molecular flexibility index (Phi) is 9.06. The van der Waals surface area contributed by atoms with Gasteiger partial charge < -0.3 is 20.3 Å². The number of halogens is 1. The van der Waals surface area contributed by atoms with E-state index in [-0.39, 0.29) is 0 Å². The molecule has 0 radical (unpaired) electrons. The minimum atomic E-state index is 0.484. The quantitative estimate of drug-likeness (QED) is 0.533. The van der Waals surface area contributed by atoms with Gasteiger partial charge in [-0.3, -0.25) is 0 Å². The van der Waals surface area contributed by atoms with Crippen molar-refractivity contribution >= 4 is 17.6 Å². The molecule has 6 heteroatoms. The molecule has 5 nitrogen and oxygen atoms in total. The molecule has 0 saturated carbocycles. The molecule has 1 aromatic carbocycles. The predicted molar refractivity (Wildman–Crippen MR) is 110 cm³/mol. The van der Waals surface area contributed by atoms with E-state index in [1.807, 2.05) is 18.2 Å². The Balaban J connectivity index is 1.91. The normalized spacial score (nSPS) is 16.5. The molecule has 1 heterocycles. The number of unbranched alkanes of at least 4 members (excludes halogenated alkanes) is 1. The maximum absolute atomic E-state index is 6.04. The summed E-state index contributed by atoms with van der Waals surface area (Å²) in [5.41, 5.74) is 1.03. The Morgan fingerprint density at radius 2 is 2.08 bits per heavy atom. The average Bonchev–Trinajstić information content (AvgIpc) is 2.66. The number of ether oxygens (including phenoxy) is 1.